The van der Waals surface area contributed by atoms with Gasteiger partial charge in [-0.15, -0.1) is 0 Å². The van der Waals surface area contributed by atoms with Crippen molar-refractivity contribution in [1.82, 2.24) is 5.32 Å². The molecule has 1 aliphatic carbocycles. The molecule has 0 bridgehead atoms. The van der Waals surface area contributed by atoms with Crippen LogP contribution in [-0.4, -0.2) is 7.05 Å². The molecular weight excluding hydrogens is 254 g/mol. The molecule has 0 radical (unpaired) electrons. The molecule has 0 spiro atoms. The second-order valence-electron chi connectivity index (χ2n) is 3.90. The zero-order chi connectivity index (χ0) is 10.7. The minimum atomic E-state index is 0.304. The normalized spacial score (nSPS) is 18.7. The molecule has 0 aliphatic heterocycles. The lowest BCUT2D eigenvalue weighted by Gasteiger charge is -2.22. The Bertz CT molecular complexity index is 356. The van der Waals surface area contributed by atoms with Crippen LogP contribution in [-0.2, 0) is 0 Å². The van der Waals surface area contributed by atoms with E-state index in [1.165, 1.54) is 36.8 Å². The van der Waals surface area contributed by atoms with Gasteiger partial charge in [-0.1, -0.05) is 11.6 Å². The summed E-state index contributed by atoms with van der Waals surface area (Å²) in [4.78, 5) is 0. The molecule has 1 aromatic rings. The number of allylic oxidation sites excluding steroid dienone is 1. The SMILES string of the molecule is CNC(C1=CCCCC1)c1ccoc1Br. The Balaban J connectivity index is 2.24. The van der Waals surface area contributed by atoms with Crippen molar-refractivity contribution >= 4 is 15.9 Å². The van der Waals surface area contributed by atoms with Crippen LogP contribution in [0.15, 0.2) is 33.1 Å². The largest absolute Gasteiger partial charge is 0.457 e. The summed E-state index contributed by atoms with van der Waals surface area (Å²) in [6, 6.07) is 2.33. The molecule has 1 aliphatic rings. The molecular formula is C12H16BrNO. The number of hydrogen-bond donors (Lipinski definition) is 1. The summed E-state index contributed by atoms with van der Waals surface area (Å²) in [5.41, 5.74) is 2.69. The maximum Gasteiger partial charge on any atom is 0.174 e. The van der Waals surface area contributed by atoms with Gasteiger partial charge in [0.05, 0.1) is 12.3 Å². The van der Waals surface area contributed by atoms with E-state index in [4.69, 9.17) is 4.42 Å². The molecule has 2 nitrogen and oxygen atoms in total. The molecule has 15 heavy (non-hydrogen) atoms. The molecule has 0 fully saturated rings. The minimum absolute atomic E-state index is 0.304. The Labute approximate surface area is 98.9 Å². The standard InChI is InChI=1S/C12H16BrNO/c1-14-11(9-5-3-2-4-6-9)10-7-8-15-12(10)13/h5,7-8,11,14H,2-4,6H2,1H3. The van der Waals surface area contributed by atoms with Gasteiger partial charge in [-0.25, -0.2) is 0 Å². The molecule has 2 rings (SSSR count). The summed E-state index contributed by atoms with van der Waals surface area (Å²) in [6.07, 6.45) is 9.13. The highest BCUT2D eigenvalue weighted by atomic mass is 79.9. The maximum absolute atomic E-state index is 5.29. The topological polar surface area (TPSA) is 25.2 Å². The first-order valence-electron chi connectivity index (χ1n) is 5.42. The first kappa shape index (κ1) is 11.0. The highest BCUT2D eigenvalue weighted by Gasteiger charge is 2.20. The van der Waals surface area contributed by atoms with Crippen molar-refractivity contribution in [2.45, 2.75) is 31.7 Å². The van der Waals surface area contributed by atoms with Crippen molar-refractivity contribution in [3.8, 4) is 0 Å². The molecule has 1 atom stereocenters. The van der Waals surface area contributed by atoms with Crippen molar-refractivity contribution in [3.05, 3.63) is 34.2 Å². The molecule has 1 heterocycles. The van der Waals surface area contributed by atoms with Crippen molar-refractivity contribution < 1.29 is 4.42 Å². The van der Waals surface area contributed by atoms with Crippen molar-refractivity contribution in [2.75, 3.05) is 7.05 Å². The van der Waals surface area contributed by atoms with Crippen molar-refractivity contribution in [1.29, 1.82) is 0 Å². The number of furan rings is 1. The minimum Gasteiger partial charge on any atom is -0.457 e. The van der Waals surface area contributed by atoms with Gasteiger partial charge in [0.15, 0.2) is 4.67 Å². The number of likely N-dealkylation sites (N-methyl/N-ethyl adjacent to an activating group) is 1. The molecule has 0 aromatic carbocycles. The zero-order valence-electron chi connectivity index (χ0n) is 8.92. The average molecular weight is 270 g/mol. The smallest absolute Gasteiger partial charge is 0.174 e. The molecule has 0 amide bonds. The summed E-state index contributed by atoms with van der Waals surface area (Å²) in [6.45, 7) is 0. The predicted molar refractivity (Wildman–Crippen MR) is 64.8 cm³/mol. The number of hydrogen-bond acceptors (Lipinski definition) is 2. The van der Waals surface area contributed by atoms with E-state index in [0.717, 1.165) is 4.67 Å². The van der Waals surface area contributed by atoms with Gasteiger partial charge < -0.3 is 9.73 Å². The fourth-order valence-corrected chi connectivity index (χ4v) is 2.65. The molecule has 0 saturated heterocycles. The monoisotopic (exact) mass is 269 g/mol. The van der Waals surface area contributed by atoms with Gasteiger partial charge in [0, 0.05) is 5.56 Å². The summed E-state index contributed by atoms with van der Waals surface area (Å²) >= 11 is 3.44. The molecule has 3 heteroatoms. The van der Waals surface area contributed by atoms with Crippen LogP contribution in [0.2, 0.25) is 0 Å². The Morgan fingerprint density at radius 2 is 2.33 bits per heavy atom. The van der Waals surface area contributed by atoms with Gasteiger partial charge in [0.25, 0.3) is 0 Å². The van der Waals surface area contributed by atoms with Gasteiger partial charge in [0.1, 0.15) is 0 Å². The Morgan fingerprint density at radius 3 is 2.87 bits per heavy atom. The van der Waals surface area contributed by atoms with E-state index in [0.29, 0.717) is 6.04 Å². The van der Waals surface area contributed by atoms with E-state index in [-0.39, 0.29) is 0 Å². The molecule has 0 saturated carbocycles. The van der Waals surface area contributed by atoms with E-state index in [1.54, 1.807) is 6.26 Å². The lowest BCUT2D eigenvalue weighted by Crippen LogP contribution is -2.19. The van der Waals surface area contributed by atoms with Gasteiger partial charge in [0.2, 0.25) is 0 Å². The maximum atomic E-state index is 5.29. The zero-order valence-corrected chi connectivity index (χ0v) is 10.5. The molecule has 1 unspecified atom stereocenters. The van der Waals surface area contributed by atoms with Gasteiger partial charge in [-0.2, -0.15) is 0 Å². The molecule has 82 valence electrons. The van der Waals surface area contributed by atoms with Gasteiger partial charge in [-0.05, 0) is 54.7 Å². The third-order valence-corrected chi connectivity index (χ3v) is 3.59. The predicted octanol–water partition coefficient (Wildman–Crippen LogP) is 3.80. The molecule has 1 aromatic heterocycles. The van der Waals surface area contributed by atoms with E-state index >= 15 is 0 Å². The number of nitrogens with one attached hydrogen (secondary N) is 1. The highest BCUT2D eigenvalue weighted by Crippen LogP contribution is 2.33. The third-order valence-electron chi connectivity index (χ3n) is 2.94. The van der Waals surface area contributed by atoms with Crippen LogP contribution >= 0.6 is 15.9 Å². The van der Waals surface area contributed by atoms with Crippen LogP contribution in [0.3, 0.4) is 0 Å². The Kier molecular flexibility index (Phi) is 3.65. The summed E-state index contributed by atoms with van der Waals surface area (Å²) in [7, 11) is 2.00. The van der Waals surface area contributed by atoms with E-state index in [1.807, 2.05) is 13.1 Å². The van der Waals surface area contributed by atoms with Crippen LogP contribution in [0.1, 0.15) is 37.3 Å². The first-order chi connectivity index (χ1) is 7.33. The lowest BCUT2D eigenvalue weighted by molar-refractivity contribution is 0.523. The number of halogens is 1. The van der Waals surface area contributed by atoms with E-state index in [9.17, 15) is 0 Å². The van der Waals surface area contributed by atoms with Crippen LogP contribution in [0, 0.1) is 0 Å². The first-order valence-corrected chi connectivity index (χ1v) is 6.21. The summed E-state index contributed by atoms with van der Waals surface area (Å²) in [5, 5.41) is 3.36. The van der Waals surface area contributed by atoms with Crippen LogP contribution in [0.4, 0.5) is 0 Å². The Hall–Kier alpha value is -0.540. The number of rotatable bonds is 3. The highest BCUT2D eigenvalue weighted by molar-refractivity contribution is 9.10. The molecule has 1 N–H and O–H groups in total. The van der Waals surface area contributed by atoms with Crippen molar-refractivity contribution in [3.63, 3.8) is 0 Å². The summed E-state index contributed by atoms with van der Waals surface area (Å²) < 4.78 is 6.13. The van der Waals surface area contributed by atoms with E-state index in [2.05, 4.69) is 27.3 Å². The Morgan fingerprint density at radius 1 is 1.47 bits per heavy atom. The lowest BCUT2D eigenvalue weighted by atomic mass is 9.91. The van der Waals surface area contributed by atoms with Gasteiger partial charge >= 0.3 is 0 Å². The van der Waals surface area contributed by atoms with Crippen LogP contribution in [0.25, 0.3) is 0 Å². The fourth-order valence-electron chi connectivity index (χ4n) is 2.18. The fraction of sp³-hybridized carbons (Fsp3) is 0.500. The summed E-state index contributed by atoms with van der Waals surface area (Å²) in [5.74, 6) is 0. The average Bonchev–Trinajstić information content (AvgIpc) is 2.68. The van der Waals surface area contributed by atoms with Crippen LogP contribution in [0.5, 0.6) is 0 Å². The second-order valence-corrected chi connectivity index (χ2v) is 4.62. The quantitative estimate of drug-likeness (QED) is 0.845. The van der Waals surface area contributed by atoms with Crippen molar-refractivity contribution in [2.24, 2.45) is 0 Å². The van der Waals surface area contributed by atoms with Gasteiger partial charge in [-0.3, -0.25) is 0 Å². The van der Waals surface area contributed by atoms with E-state index < -0.39 is 0 Å². The third kappa shape index (κ3) is 2.34. The van der Waals surface area contributed by atoms with Crippen LogP contribution < -0.4 is 5.32 Å². The second kappa shape index (κ2) is 4.99.